The van der Waals surface area contributed by atoms with Crippen LogP contribution in [0.25, 0.3) is 0 Å². The Labute approximate surface area is 141 Å². The van der Waals surface area contributed by atoms with E-state index in [0.29, 0.717) is 29.7 Å². The summed E-state index contributed by atoms with van der Waals surface area (Å²) < 4.78 is 16.0. The molecule has 23 heavy (non-hydrogen) atoms. The summed E-state index contributed by atoms with van der Waals surface area (Å²) in [4.78, 5) is 0. The molecule has 0 radical (unpaired) electrons. The maximum atomic E-state index is 6.29. The zero-order chi connectivity index (χ0) is 16.7. The van der Waals surface area contributed by atoms with Crippen molar-refractivity contribution < 1.29 is 14.2 Å². The lowest BCUT2D eigenvalue weighted by Crippen LogP contribution is -2.02. The minimum absolute atomic E-state index is 0.375. The van der Waals surface area contributed by atoms with Gasteiger partial charge in [0, 0.05) is 12.2 Å². The summed E-state index contributed by atoms with van der Waals surface area (Å²) >= 11 is 6.29. The molecule has 2 rings (SSSR count). The van der Waals surface area contributed by atoms with Crippen LogP contribution >= 0.6 is 11.6 Å². The normalized spacial score (nSPS) is 10.0. The Morgan fingerprint density at radius 2 is 1.87 bits per heavy atom. The van der Waals surface area contributed by atoms with Gasteiger partial charge in [0.25, 0.3) is 0 Å². The van der Waals surface area contributed by atoms with Crippen LogP contribution < -0.4 is 19.5 Å². The summed E-state index contributed by atoms with van der Waals surface area (Å²) in [5, 5.41) is 3.84. The van der Waals surface area contributed by atoms with E-state index in [0.717, 1.165) is 17.0 Å². The SMILES string of the molecule is C=CCOc1c(Cl)cc(CNc2ccc(OC)cc2)cc1OC. The number of methoxy groups -OCH3 is 2. The van der Waals surface area contributed by atoms with Crippen molar-refractivity contribution in [3.63, 3.8) is 0 Å². The molecule has 0 bridgehead atoms. The summed E-state index contributed by atoms with van der Waals surface area (Å²) in [5.74, 6) is 1.96. The van der Waals surface area contributed by atoms with Crippen LogP contribution in [0.3, 0.4) is 0 Å². The highest BCUT2D eigenvalue weighted by atomic mass is 35.5. The molecule has 0 saturated heterocycles. The van der Waals surface area contributed by atoms with Gasteiger partial charge in [-0.25, -0.2) is 0 Å². The third-order valence-electron chi connectivity index (χ3n) is 3.22. The van der Waals surface area contributed by atoms with Gasteiger partial charge in [-0.05, 0) is 42.0 Å². The molecular weight excluding hydrogens is 314 g/mol. The molecule has 2 aromatic carbocycles. The van der Waals surface area contributed by atoms with Crippen LogP contribution in [-0.4, -0.2) is 20.8 Å². The van der Waals surface area contributed by atoms with Crippen LogP contribution in [0.2, 0.25) is 5.02 Å². The molecule has 2 aromatic rings. The van der Waals surface area contributed by atoms with Crippen molar-refractivity contribution in [3.05, 3.63) is 59.6 Å². The molecule has 0 heterocycles. The number of hydrogen-bond donors (Lipinski definition) is 1. The highest BCUT2D eigenvalue weighted by Crippen LogP contribution is 2.36. The highest BCUT2D eigenvalue weighted by Gasteiger charge is 2.11. The molecule has 0 fully saturated rings. The van der Waals surface area contributed by atoms with Crippen molar-refractivity contribution in [1.29, 1.82) is 0 Å². The number of anilines is 1. The maximum Gasteiger partial charge on any atom is 0.180 e. The molecule has 0 aromatic heterocycles. The van der Waals surface area contributed by atoms with E-state index in [2.05, 4.69) is 11.9 Å². The smallest absolute Gasteiger partial charge is 0.180 e. The topological polar surface area (TPSA) is 39.7 Å². The minimum Gasteiger partial charge on any atom is -0.497 e. The van der Waals surface area contributed by atoms with Gasteiger partial charge in [-0.3, -0.25) is 0 Å². The third kappa shape index (κ3) is 4.57. The van der Waals surface area contributed by atoms with Crippen molar-refractivity contribution in [1.82, 2.24) is 0 Å². The first kappa shape index (κ1) is 17.0. The number of ether oxygens (including phenoxy) is 3. The quantitative estimate of drug-likeness (QED) is 0.720. The van der Waals surface area contributed by atoms with Crippen LogP contribution in [0.15, 0.2) is 49.1 Å². The van der Waals surface area contributed by atoms with Crippen molar-refractivity contribution >= 4 is 17.3 Å². The van der Waals surface area contributed by atoms with E-state index < -0.39 is 0 Å². The molecule has 0 unspecified atom stereocenters. The van der Waals surface area contributed by atoms with Crippen molar-refractivity contribution in [2.24, 2.45) is 0 Å². The van der Waals surface area contributed by atoms with E-state index in [-0.39, 0.29) is 0 Å². The Balaban J connectivity index is 2.10. The van der Waals surface area contributed by atoms with Crippen molar-refractivity contribution in [2.45, 2.75) is 6.54 Å². The van der Waals surface area contributed by atoms with Gasteiger partial charge in [0.2, 0.25) is 0 Å². The Morgan fingerprint density at radius 1 is 1.13 bits per heavy atom. The number of hydrogen-bond acceptors (Lipinski definition) is 4. The van der Waals surface area contributed by atoms with E-state index >= 15 is 0 Å². The van der Waals surface area contributed by atoms with Gasteiger partial charge in [0.05, 0.1) is 19.2 Å². The summed E-state index contributed by atoms with van der Waals surface area (Å²) in [5.41, 5.74) is 1.99. The fraction of sp³-hybridized carbons (Fsp3) is 0.222. The molecule has 4 nitrogen and oxygen atoms in total. The molecule has 0 atom stereocenters. The van der Waals surface area contributed by atoms with Gasteiger partial charge in [-0.2, -0.15) is 0 Å². The van der Waals surface area contributed by atoms with Crippen LogP contribution in [0.1, 0.15) is 5.56 Å². The monoisotopic (exact) mass is 333 g/mol. The Hall–Kier alpha value is -2.33. The van der Waals surface area contributed by atoms with Gasteiger partial charge in [0.15, 0.2) is 11.5 Å². The zero-order valence-electron chi connectivity index (χ0n) is 13.3. The van der Waals surface area contributed by atoms with Gasteiger partial charge in [-0.1, -0.05) is 24.3 Å². The first-order valence-electron chi connectivity index (χ1n) is 7.16. The molecule has 122 valence electrons. The number of benzene rings is 2. The summed E-state index contributed by atoms with van der Waals surface area (Å²) in [7, 11) is 3.24. The van der Waals surface area contributed by atoms with Gasteiger partial charge in [-0.15, -0.1) is 0 Å². The maximum absolute atomic E-state index is 6.29. The van der Waals surface area contributed by atoms with Gasteiger partial charge >= 0.3 is 0 Å². The molecule has 0 saturated carbocycles. The second kappa shape index (κ2) is 8.34. The summed E-state index contributed by atoms with van der Waals surface area (Å²) in [6.45, 7) is 4.62. The Kier molecular flexibility index (Phi) is 6.18. The summed E-state index contributed by atoms with van der Waals surface area (Å²) in [6, 6.07) is 11.5. The van der Waals surface area contributed by atoms with Crippen LogP contribution in [-0.2, 0) is 6.54 Å². The first-order chi connectivity index (χ1) is 11.2. The first-order valence-corrected chi connectivity index (χ1v) is 7.53. The number of nitrogens with one attached hydrogen (secondary N) is 1. The fourth-order valence-corrected chi connectivity index (χ4v) is 2.36. The Bertz CT molecular complexity index is 656. The van der Waals surface area contributed by atoms with E-state index in [1.165, 1.54) is 0 Å². The van der Waals surface area contributed by atoms with Crippen molar-refractivity contribution in [3.8, 4) is 17.2 Å². The van der Waals surface area contributed by atoms with Crippen LogP contribution in [0, 0.1) is 0 Å². The molecule has 0 spiro atoms. The zero-order valence-corrected chi connectivity index (χ0v) is 14.0. The van der Waals surface area contributed by atoms with E-state index in [1.54, 1.807) is 20.3 Å². The number of rotatable bonds is 8. The molecule has 0 aliphatic rings. The minimum atomic E-state index is 0.375. The molecule has 0 aliphatic carbocycles. The van der Waals surface area contributed by atoms with Crippen LogP contribution in [0.4, 0.5) is 5.69 Å². The van der Waals surface area contributed by atoms with E-state index in [1.807, 2.05) is 36.4 Å². The second-order valence-electron chi connectivity index (χ2n) is 4.79. The summed E-state index contributed by atoms with van der Waals surface area (Å²) in [6.07, 6.45) is 1.66. The number of halogens is 1. The average Bonchev–Trinajstić information content (AvgIpc) is 2.59. The predicted octanol–water partition coefficient (Wildman–Crippen LogP) is 4.53. The molecule has 1 N–H and O–H groups in total. The molecule has 0 aliphatic heterocycles. The van der Waals surface area contributed by atoms with Gasteiger partial charge in [0.1, 0.15) is 12.4 Å². The Morgan fingerprint density at radius 3 is 2.48 bits per heavy atom. The van der Waals surface area contributed by atoms with E-state index in [4.69, 9.17) is 25.8 Å². The predicted molar refractivity (Wildman–Crippen MR) is 94.0 cm³/mol. The molecule has 0 amide bonds. The fourth-order valence-electron chi connectivity index (χ4n) is 2.07. The van der Waals surface area contributed by atoms with Crippen LogP contribution in [0.5, 0.6) is 17.2 Å². The lowest BCUT2D eigenvalue weighted by molar-refractivity contribution is 0.326. The highest BCUT2D eigenvalue weighted by molar-refractivity contribution is 6.32. The lowest BCUT2D eigenvalue weighted by atomic mass is 10.2. The lowest BCUT2D eigenvalue weighted by Gasteiger charge is -2.14. The molecule has 5 heteroatoms. The average molecular weight is 334 g/mol. The van der Waals surface area contributed by atoms with Gasteiger partial charge < -0.3 is 19.5 Å². The standard InChI is InChI=1S/C18H20ClNO3/c1-4-9-23-18-16(19)10-13(11-17(18)22-3)12-20-14-5-7-15(21-2)8-6-14/h4-8,10-11,20H,1,9,12H2,2-3H3. The molecular formula is C18H20ClNO3. The van der Waals surface area contributed by atoms with E-state index in [9.17, 15) is 0 Å². The third-order valence-corrected chi connectivity index (χ3v) is 3.50. The largest absolute Gasteiger partial charge is 0.497 e. The second-order valence-corrected chi connectivity index (χ2v) is 5.20. The van der Waals surface area contributed by atoms with Crippen molar-refractivity contribution in [2.75, 3.05) is 26.1 Å².